The van der Waals surface area contributed by atoms with E-state index in [-0.39, 0.29) is 62.4 Å². The lowest BCUT2D eigenvalue weighted by Gasteiger charge is -2.25. The Balaban J connectivity index is 2.96. The summed E-state index contributed by atoms with van der Waals surface area (Å²) in [5.41, 5.74) is 17.2. The van der Waals surface area contributed by atoms with E-state index in [1.165, 1.54) is 0 Å². The minimum atomic E-state index is -1.21. The molecule has 21 heteroatoms. The number of carbonyl (C=O) groups is 6. The highest BCUT2D eigenvalue weighted by Gasteiger charge is 2.29. The Morgan fingerprint density at radius 1 is 0.709 bits per heavy atom. The Morgan fingerprint density at radius 3 is 1.76 bits per heavy atom. The number of hydrogen-bond donors (Lipinski definition) is 14. The van der Waals surface area contributed by atoms with Gasteiger partial charge in [-0.2, -0.15) is 12.6 Å². The van der Waals surface area contributed by atoms with Crippen molar-refractivity contribution in [1.29, 1.82) is 10.8 Å². The van der Waals surface area contributed by atoms with Crippen LogP contribution in [-0.4, -0.2) is 116 Å². The summed E-state index contributed by atoms with van der Waals surface area (Å²) < 4.78 is 0. The van der Waals surface area contributed by atoms with Crippen molar-refractivity contribution >= 4 is 66.3 Å². The highest BCUT2D eigenvalue weighted by atomic mass is 32.1. The van der Waals surface area contributed by atoms with Gasteiger partial charge in [-0.1, -0.05) is 44.2 Å². The molecule has 0 saturated carbocycles. The van der Waals surface area contributed by atoms with Crippen LogP contribution < -0.4 is 59.7 Å². The summed E-state index contributed by atoms with van der Waals surface area (Å²) in [6.07, 6.45) is 2.88. The predicted octanol–water partition coefficient (Wildman–Crippen LogP) is -3.66. The van der Waals surface area contributed by atoms with Gasteiger partial charge in [-0.15, -0.1) is 0 Å². The zero-order chi connectivity index (χ0) is 41.3. The molecule has 20 nitrogen and oxygen atoms in total. The van der Waals surface area contributed by atoms with Crippen molar-refractivity contribution in [3.8, 4) is 0 Å². The van der Waals surface area contributed by atoms with Crippen molar-refractivity contribution in [2.75, 3.05) is 31.9 Å². The van der Waals surface area contributed by atoms with E-state index in [1.54, 1.807) is 36.6 Å². The van der Waals surface area contributed by atoms with Crippen molar-refractivity contribution in [2.45, 2.75) is 82.6 Å². The Morgan fingerprint density at radius 2 is 1.24 bits per heavy atom. The lowest BCUT2D eigenvalue weighted by molar-refractivity contribution is -0.133. The van der Waals surface area contributed by atoms with Gasteiger partial charge in [-0.25, -0.2) is 0 Å². The Hall–Kier alpha value is -5.44. The van der Waals surface area contributed by atoms with Gasteiger partial charge in [-0.3, -0.25) is 44.4 Å². The van der Waals surface area contributed by atoms with Gasteiger partial charge in [-0.05, 0) is 43.6 Å². The maximum atomic E-state index is 13.5. The zero-order valence-corrected chi connectivity index (χ0v) is 32.1. The molecule has 0 unspecified atom stereocenters. The summed E-state index contributed by atoms with van der Waals surface area (Å²) in [7, 11) is 0. The second kappa shape index (κ2) is 26.4. The summed E-state index contributed by atoms with van der Waals surface area (Å²) in [5, 5.41) is 35.0. The van der Waals surface area contributed by atoms with Crippen LogP contribution in [0.3, 0.4) is 0 Å². The molecule has 5 atom stereocenters. The van der Waals surface area contributed by atoms with Crippen molar-refractivity contribution in [3.63, 3.8) is 0 Å². The SMILES string of the molecule is CC(C)C[C@@H]([C]=O)NC(=O)[C@H](CCCNC(=N)N)NC(=O)[C@H](CCCNC(=N)N)NC(=O)CNC(=O)CNC(=O)[C@H](Cc1ccccc1)NC(=O)[C@@H](N)CS. The summed E-state index contributed by atoms with van der Waals surface area (Å²) in [5.74, 6) is -4.65. The monoisotopic (exact) mass is 790 g/mol. The van der Waals surface area contributed by atoms with E-state index in [4.69, 9.17) is 28.0 Å². The van der Waals surface area contributed by atoms with Gasteiger partial charge < -0.3 is 59.7 Å². The van der Waals surface area contributed by atoms with E-state index in [9.17, 15) is 33.6 Å². The van der Waals surface area contributed by atoms with Crippen LogP contribution in [0.25, 0.3) is 0 Å². The largest absolute Gasteiger partial charge is 0.370 e. The van der Waals surface area contributed by atoms with Gasteiger partial charge >= 0.3 is 0 Å². The normalized spacial score (nSPS) is 13.4. The van der Waals surface area contributed by atoms with E-state index < -0.39 is 78.7 Å². The summed E-state index contributed by atoms with van der Waals surface area (Å²) in [6, 6.07) is 3.55. The number of nitrogens with one attached hydrogen (secondary N) is 10. The molecule has 0 aliphatic rings. The predicted molar refractivity (Wildman–Crippen MR) is 209 cm³/mol. The molecular formula is C34H56N13O7S. The maximum absolute atomic E-state index is 13.5. The first-order valence-electron chi connectivity index (χ1n) is 17.7. The number of benzene rings is 1. The summed E-state index contributed by atoms with van der Waals surface area (Å²) in [6.45, 7) is 3.00. The average molecular weight is 791 g/mol. The molecule has 0 heterocycles. The van der Waals surface area contributed by atoms with Crippen LogP contribution in [0.1, 0.15) is 51.5 Å². The number of rotatable bonds is 26. The first-order valence-corrected chi connectivity index (χ1v) is 18.4. The molecule has 1 radical (unpaired) electrons. The van der Waals surface area contributed by atoms with Crippen LogP contribution >= 0.6 is 12.6 Å². The first-order chi connectivity index (χ1) is 26.1. The fourth-order valence-electron chi connectivity index (χ4n) is 4.95. The molecular weight excluding hydrogens is 735 g/mol. The molecule has 0 fully saturated rings. The fourth-order valence-corrected chi connectivity index (χ4v) is 5.11. The van der Waals surface area contributed by atoms with E-state index in [2.05, 4.69) is 55.2 Å². The first kappa shape index (κ1) is 47.6. The Kier molecular flexibility index (Phi) is 22.8. The standard InChI is InChI=1S/C34H56N13O7S/c1-20(2)14-22(18-48)44-31(53)25(11-7-13-41-34(38)39)46-32(54)24(10-6-12-40-33(36)37)45-28(50)17-42-27(49)16-43-30(52)26(47-29(51)23(35)19-55)15-21-8-4-3-5-9-21/h3-5,8-9,20,22-26,55H,6-7,10-17,19,35H2,1-2H3,(H,42,49)(H,43,52)(H,44,53)(H,45,50)(H,46,54)(H,47,51)(H4,36,37,40)(H4,38,39,41)/t22-,23-,24-,25-,26-/m0/s1. The second-order valence-electron chi connectivity index (χ2n) is 13.0. The quantitative estimate of drug-likeness (QED) is 0.0187. The van der Waals surface area contributed by atoms with Gasteiger partial charge in [0, 0.05) is 25.3 Å². The Labute approximate surface area is 326 Å². The van der Waals surface area contributed by atoms with Crippen molar-refractivity contribution in [2.24, 2.45) is 23.1 Å². The highest BCUT2D eigenvalue weighted by Crippen LogP contribution is 2.07. The van der Waals surface area contributed by atoms with Gasteiger partial charge in [0.1, 0.15) is 18.1 Å². The molecule has 1 aromatic carbocycles. The summed E-state index contributed by atoms with van der Waals surface area (Å²) >= 11 is 4.01. The minimum absolute atomic E-state index is 0.0333. The number of amides is 6. The third-order valence-electron chi connectivity index (χ3n) is 7.74. The smallest absolute Gasteiger partial charge is 0.243 e. The second-order valence-corrected chi connectivity index (χ2v) is 13.4. The van der Waals surface area contributed by atoms with Crippen molar-refractivity contribution < 1.29 is 33.6 Å². The van der Waals surface area contributed by atoms with Gasteiger partial charge in [0.25, 0.3) is 0 Å². The molecule has 0 aromatic heterocycles. The molecule has 55 heavy (non-hydrogen) atoms. The van der Waals surface area contributed by atoms with Crippen LogP contribution in [0.2, 0.25) is 0 Å². The average Bonchev–Trinajstić information content (AvgIpc) is 3.14. The van der Waals surface area contributed by atoms with E-state index in [0.29, 0.717) is 12.8 Å². The van der Waals surface area contributed by atoms with E-state index in [1.807, 2.05) is 13.8 Å². The maximum Gasteiger partial charge on any atom is 0.243 e. The third kappa shape index (κ3) is 21.1. The highest BCUT2D eigenvalue weighted by molar-refractivity contribution is 7.80. The number of hydrogen-bond acceptors (Lipinski definition) is 11. The molecule has 0 spiro atoms. The molecule has 1 rings (SSSR count). The van der Waals surface area contributed by atoms with Crippen LogP contribution in [0.15, 0.2) is 30.3 Å². The van der Waals surface area contributed by atoms with Crippen LogP contribution in [0, 0.1) is 16.7 Å². The number of guanidine groups is 2. The molecule has 1 aromatic rings. The molecule has 16 N–H and O–H groups in total. The van der Waals surface area contributed by atoms with E-state index >= 15 is 0 Å². The van der Waals surface area contributed by atoms with Crippen molar-refractivity contribution in [3.05, 3.63) is 35.9 Å². The summed E-state index contributed by atoms with van der Waals surface area (Å²) in [4.78, 5) is 89.3. The number of carbonyl (C=O) groups excluding carboxylic acids is 7. The molecule has 0 saturated heterocycles. The number of thiol groups is 1. The topological polar surface area (TPSA) is 341 Å². The van der Waals surface area contributed by atoms with Crippen LogP contribution in [0.5, 0.6) is 0 Å². The number of nitrogens with two attached hydrogens (primary N) is 3. The van der Waals surface area contributed by atoms with Gasteiger partial charge in [0.15, 0.2) is 11.9 Å². The molecule has 305 valence electrons. The minimum Gasteiger partial charge on any atom is -0.370 e. The third-order valence-corrected chi connectivity index (χ3v) is 8.13. The molecule has 0 aliphatic heterocycles. The molecule has 0 bridgehead atoms. The van der Waals surface area contributed by atoms with E-state index in [0.717, 1.165) is 5.56 Å². The lowest BCUT2D eigenvalue weighted by Crippen LogP contribution is -2.56. The van der Waals surface area contributed by atoms with Crippen molar-refractivity contribution in [1.82, 2.24) is 42.5 Å². The van der Waals surface area contributed by atoms with Crippen LogP contribution in [-0.2, 0) is 40.0 Å². The lowest BCUT2D eigenvalue weighted by atomic mass is 10.0. The van der Waals surface area contributed by atoms with Gasteiger partial charge in [0.05, 0.1) is 25.2 Å². The van der Waals surface area contributed by atoms with Crippen LogP contribution in [0.4, 0.5) is 0 Å². The fraction of sp³-hybridized carbons (Fsp3) is 0.559. The molecule has 0 aliphatic carbocycles. The zero-order valence-electron chi connectivity index (χ0n) is 31.2. The molecule has 6 amide bonds. The van der Waals surface area contributed by atoms with Gasteiger partial charge in [0.2, 0.25) is 41.7 Å². The Bertz CT molecular complexity index is 1450.